The number of hydrogen-bond donors (Lipinski definition) is 1. The van der Waals surface area contributed by atoms with Gasteiger partial charge < -0.3 is 28.8 Å². The number of esters is 1. The van der Waals surface area contributed by atoms with Crippen LogP contribution in [0, 0.1) is 5.82 Å². The Bertz CT molecular complexity index is 2040. The van der Waals surface area contributed by atoms with Crippen molar-refractivity contribution in [3.63, 3.8) is 0 Å². The van der Waals surface area contributed by atoms with E-state index in [1.807, 2.05) is 18.2 Å². The molecule has 2 aromatic heterocycles. The molecule has 4 aromatic rings. The number of benzene rings is 2. The number of nitrogens with zero attached hydrogens (tertiary/aromatic N) is 5. The van der Waals surface area contributed by atoms with Crippen LogP contribution in [0.25, 0.3) is 11.3 Å². The Morgan fingerprint density at radius 1 is 1.02 bits per heavy atom. The van der Waals surface area contributed by atoms with E-state index in [9.17, 15) is 14.4 Å². The average Bonchev–Trinajstić information content (AvgIpc) is 3.49. The maximum Gasteiger partial charge on any atom is 0.302 e. The summed E-state index contributed by atoms with van der Waals surface area (Å²) < 4.78 is 29.9. The van der Waals surface area contributed by atoms with E-state index in [1.165, 1.54) is 46.6 Å². The topological polar surface area (TPSA) is 111 Å². The standard InChI is InChI=1S/C39H43FN6O5/c1-24(47)51-23-32-31(18-28(40)19-35(32)46-16-15-45-34-6-4-3-5-27(34)17-36(45)38(46)48)33-20-43(2)39(49)37(42-33)41-29-9-7-25(8-10-29)26-11-13-44(14-12-26)30-21-50-22-30/h7-10,17-20,26,30H,3-6,11-16,21-23H2,1-2H3,(H,41,42). The van der Waals surface area contributed by atoms with Gasteiger partial charge in [0.2, 0.25) is 0 Å². The van der Waals surface area contributed by atoms with Crippen LogP contribution in [0.3, 0.4) is 0 Å². The van der Waals surface area contributed by atoms with Gasteiger partial charge in [0.1, 0.15) is 18.1 Å². The monoisotopic (exact) mass is 694 g/mol. The number of ether oxygens (including phenoxy) is 2. The van der Waals surface area contributed by atoms with Gasteiger partial charge in [-0.2, -0.15) is 0 Å². The van der Waals surface area contributed by atoms with Crippen molar-refractivity contribution in [1.29, 1.82) is 0 Å². The third kappa shape index (κ3) is 6.46. The number of carbonyl (C=O) groups excluding carboxylic acids is 2. The van der Waals surface area contributed by atoms with E-state index in [0.29, 0.717) is 58.9 Å². The Morgan fingerprint density at radius 3 is 2.51 bits per heavy atom. The van der Waals surface area contributed by atoms with Gasteiger partial charge in [0.15, 0.2) is 5.82 Å². The molecule has 1 amide bonds. The van der Waals surface area contributed by atoms with Gasteiger partial charge in [0.05, 0.1) is 30.6 Å². The van der Waals surface area contributed by atoms with Crippen LogP contribution in [-0.4, -0.2) is 69.8 Å². The molecule has 51 heavy (non-hydrogen) atoms. The van der Waals surface area contributed by atoms with E-state index in [4.69, 9.17) is 9.47 Å². The maximum absolute atomic E-state index is 15.6. The minimum atomic E-state index is -0.577. The first-order chi connectivity index (χ1) is 24.7. The highest BCUT2D eigenvalue weighted by atomic mass is 19.1. The molecule has 8 rings (SSSR count). The first kappa shape index (κ1) is 33.3. The minimum absolute atomic E-state index is 0.0699. The molecular weight excluding hydrogens is 651 g/mol. The molecule has 266 valence electrons. The maximum atomic E-state index is 15.6. The van der Waals surface area contributed by atoms with Crippen molar-refractivity contribution in [2.24, 2.45) is 7.05 Å². The molecule has 11 nitrogen and oxygen atoms in total. The molecule has 0 unspecified atom stereocenters. The molecule has 0 saturated carbocycles. The van der Waals surface area contributed by atoms with Crippen molar-refractivity contribution in [3.05, 3.63) is 92.9 Å². The van der Waals surface area contributed by atoms with Crippen LogP contribution < -0.4 is 15.8 Å². The van der Waals surface area contributed by atoms with Gasteiger partial charge in [0, 0.05) is 55.8 Å². The smallest absolute Gasteiger partial charge is 0.302 e. The number of aromatic nitrogens is 3. The molecule has 2 fully saturated rings. The third-order valence-corrected chi connectivity index (χ3v) is 11.0. The summed E-state index contributed by atoms with van der Waals surface area (Å²) in [6, 6.07) is 13.3. The Kier molecular flexibility index (Phi) is 8.97. The van der Waals surface area contributed by atoms with E-state index in [2.05, 4.69) is 31.9 Å². The second kappa shape index (κ2) is 13.7. The fourth-order valence-corrected chi connectivity index (χ4v) is 8.11. The number of amides is 1. The highest BCUT2D eigenvalue weighted by Gasteiger charge is 2.33. The lowest BCUT2D eigenvalue weighted by Crippen LogP contribution is -2.51. The van der Waals surface area contributed by atoms with Crippen molar-refractivity contribution in [1.82, 2.24) is 19.0 Å². The highest BCUT2D eigenvalue weighted by molar-refractivity contribution is 6.07. The lowest BCUT2D eigenvalue weighted by Gasteiger charge is -2.41. The van der Waals surface area contributed by atoms with Crippen molar-refractivity contribution in [2.45, 2.75) is 70.6 Å². The molecule has 4 aliphatic rings. The molecular formula is C39H43FN6O5. The summed E-state index contributed by atoms with van der Waals surface area (Å²) in [4.78, 5) is 48.2. The highest BCUT2D eigenvalue weighted by Crippen LogP contribution is 2.37. The average molecular weight is 695 g/mol. The molecule has 2 saturated heterocycles. The number of likely N-dealkylation sites (tertiary alicyclic amines) is 1. The Morgan fingerprint density at radius 2 is 1.78 bits per heavy atom. The molecule has 1 N–H and O–H groups in total. The van der Waals surface area contributed by atoms with Crippen LogP contribution in [0.1, 0.15) is 71.4 Å². The second-order valence-electron chi connectivity index (χ2n) is 14.2. The van der Waals surface area contributed by atoms with Gasteiger partial charge in [-0.3, -0.25) is 19.3 Å². The van der Waals surface area contributed by atoms with Gasteiger partial charge in [0.25, 0.3) is 11.5 Å². The van der Waals surface area contributed by atoms with E-state index >= 15 is 4.39 Å². The van der Waals surface area contributed by atoms with E-state index in [1.54, 1.807) is 11.9 Å². The molecule has 2 aromatic carbocycles. The van der Waals surface area contributed by atoms with Crippen LogP contribution >= 0.6 is 0 Å². The first-order valence-corrected chi connectivity index (χ1v) is 18.0. The SMILES string of the molecule is CC(=O)OCc1c(-c2cn(C)c(=O)c(Nc3ccc(C4CCN(C5COC5)CC4)cc3)n2)cc(F)cc1N1CCn2c(cc3c2CCCC3)C1=O. The first-order valence-electron chi connectivity index (χ1n) is 18.0. The summed E-state index contributed by atoms with van der Waals surface area (Å²) in [5.74, 6) is -0.771. The molecule has 1 aliphatic carbocycles. The summed E-state index contributed by atoms with van der Waals surface area (Å²) in [5.41, 5.74) is 5.99. The zero-order valence-electron chi connectivity index (χ0n) is 29.1. The zero-order valence-corrected chi connectivity index (χ0v) is 29.1. The Balaban J connectivity index is 1.09. The normalized spacial score (nSPS) is 18.3. The molecule has 0 spiro atoms. The number of hydrogen-bond acceptors (Lipinski definition) is 8. The van der Waals surface area contributed by atoms with Crippen LogP contribution in [-0.2, 0) is 47.3 Å². The minimum Gasteiger partial charge on any atom is -0.461 e. The third-order valence-electron chi connectivity index (χ3n) is 11.0. The van der Waals surface area contributed by atoms with Crippen LogP contribution in [0.4, 0.5) is 21.6 Å². The van der Waals surface area contributed by atoms with Gasteiger partial charge in [-0.25, -0.2) is 9.37 Å². The van der Waals surface area contributed by atoms with Crippen LogP contribution in [0.5, 0.6) is 0 Å². The number of halogens is 1. The summed E-state index contributed by atoms with van der Waals surface area (Å²) in [6.45, 7) is 5.81. The summed E-state index contributed by atoms with van der Waals surface area (Å²) in [5, 5.41) is 3.18. The number of aryl methyl sites for hydroxylation is 2. The van der Waals surface area contributed by atoms with E-state index in [0.717, 1.165) is 64.8 Å². The number of anilines is 3. The predicted octanol–water partition coefficient (Wildman–Crippen LogP) is 5.31. The van der Waals surface area contributed by atoms with E-state index in [-0.39, 0.29) is 23.9 Å². The number of piperidine rings is 1. The van der Waals surface area contributed by atoms with Gasteiger partial charge in [-0.1, -0.05) is 12.1 Å². The van der Waals surface area contributed by atoms with Crippen molar-refractivity contribution in [2.75, 3.05) is 43.1 Å². The predicted molar refractivity (Wildman–Crippen MR) is 191 cm³/mol. The molecule has 0 bridgehead atoms. The van der Waals surface area contributed by atoms with Crippen LogP contribution in [0.15, 0.2) is 53.5 Å². The summed E-state index contributed by atoms with van der Waals surface area (Å²) in [7, 11) is 1.61. The fourth-order valence-electron chi connectivity index (χ4n) is 8.11. The van der Waals surface area contributed by atoms with Crippen molar-refractivity contribution >= 4 is 29.1 Å². The van der Waals surface area contributed by atoms with Gasteiger partial charge in [-0.15, -0.1) is 0 Å². The molecule has 0 atom stereocenters. The van der Waals surface area contributed by atoms with Crippen LogP contribution in [0.2, 0.25) is 0 Å². The molecule has 0 radical (unpaired) electrons. The van der Waals surface area contributed by atoms with Gasteiger partial charge in [-0.05, 0) is 99.0 Å². The zero-order chi connectivity index (χ0) is 35.2. The van der Waals surface area contributed by atoms with E-state index < -0.39 is 11.8 Å². The second-order valence-corrected chi connectivity index (χ2v) is 14.2. The number of nitrogens with one attached hydrogen (secondary N) is 1. The lowest BCUT2D eigenvalue weighted by atomic mass is 9.88. The quantitative estimate of drug-likeness (QED) is 0.247. The number of rotatable bonds is 8. The van der Waals surface area contributed by atoms with Crippen molar-refractivity contribution in [3.8, 4) is 11.3 Å². The summed E-state index contributed by atoms with van der Waals surface area (Å²) in [6.07, 6.45) is 7.80. The molecule has 12 heteroatoms. The van der Waals surface area contributed by atoms with Gasteiger partial charge >= 0.3 is 5.97 Å². The number of carbonyl (C=O) groups is 2. The molecule has 5 heterocycles. The van der Waals surface area contributed by atoms with Crippen molar-refractivity contribution < 1.29 is 23.5 Å². The lowest BCUT2D eigenvalue weighted by molar-refractivity contribution is -0.142. The largest absolute Gasteiger partial charge is 0.461 e. The Labute approximate surface area is 296 Å². The fraction of sp³-hybridized carbons (Fsp3) is 0.436. The number of fused-ring (bicyclic) bond motifs is 3. The molecule has 3 aliphatic heterocycles. The Hall–Kier alpha value is -4.81. The summed E-state index contributed by atoms with van der Waals surface area (Å²) >= 11 is 0.